The Morgan fingerprint density at radius 1 is 0.694 bits per heavy atom. The van der Waals surface area contributed by atoms with Gasteiger partial charge in [-0.2, -0.15) is 0 Å². The van der Waals surface area contributed by atoms with Gasteiger partial charge < -0.3 is 9.22 Å². The van der Waals surface area contributed by atoms with E-state index in [1.165, 1.54) is 81.8 Å². The molecule has 36 heavy (non-hydrogen) atoms. The third-order valence-corrected chi connectivity index (χ3v) is 6.88. The minimum absolute atomic E-state index is 0.197. The molecule has 0 saturated carbocycles. The highest BCUT2D eigenvalue weighted by Crippen LogP contribution is 2.13. The molecule has 0 rings (SSSR count). The average Bonchev–Trinajstić information content (AvgIpc) is 2.80. The lowest BCUT2D eigenvalue weighted by Crippen LogP contribution is -2.45. The molecule has 210 valence electrons. The number of quaternary nitrogens is 1. The van der Waals surface area contributed by atoms with E-state index >= 15 is 0 Å². The average molecular weight is 507 g/mol. The fourth-order valence-corrected chi connectivity index (χ4v) is 4.33. The second kappa shape index (κ2) is 22.8. The van der Waals surface area contributed by atoms with Crippen LogP contribution in [-0.4, -0.2) is 50.0 Å². The largest absolute Gasteiger partial charge is 0.457 e. The molecule has 0 aliphatic rings. The summed E-state index contributed by atoms with van der Waals surface area (Å²) in [6, 6.07) is 0. The van der Waals surface area contributed by atoms with Crippen molar-refractivity contribution in [2.45, 2.75) is 137 Å². The van der Waals surface area contributed by atoms with Gasteiger partial charge in [-0.1, -0.05) is 101 Å². The van der Waals surface area contributed by atoms with Gasteiger partial charge in [-0.25, -0.2) is 4.79 Å². The van der Waals surface area contributed by atoms with Gasteiger partial charge in [-0.3, -0.25) is 4.79 Å². The highest BCUT2D eigenvalue weighted by molar-refractivity contribution is 5.78. The first kappa shape index (κ1) is 34.6. The lowest BCUT2D eigenvalue weighted by atomic mass is 10.0. The van der Waals surface area contributed by atoms with Crippen molar-refractivity contribution in [1.29, 1.82) is 0 Å². The second-order valence-corrected chi connectivity index (χ2v) is 11.7. The molecule has 0 bridgehead atoms. The Balaban J connectivity index is 3.77. The highest BCUT2D eigenvalue weighted by atomic mass is 16.5. The highest BCUT2D eigenvalue weighted by Gasteiger charge is 2.22. The van der Waals surface area contributed by atoms with Crippen LogP contribution in [0.4, 0.5) is 0 Å². The molecule has 0 aromatic carbocycles. The molecule has 0 amide bonds. The van der Waals surface area contributed by atoms with Gasteiger partial charge >= 0.3 is 5.97 Å². The number of ketones is 1. The maximum atomic E-state index is 12.3. The predicted octanol–water partition coefficient (Wildman–Crippen LogP) is 8.74. The smallest absolute Gasteiger partial charge is 0.362 e. The lowest BCUT2D eigenvalue weighted by Gasteiger charge is -2.28. The van der Waals surface area contributed by atoms with Crippen molar-refractivity contribution in [3.63, 3.8) is 0 Å². The quantitative estimate of drug-likeness (QED) is 0.0569. The van der Waals surface area contributed by atoms with Crippen LogP contribution in [0.25, 0.3) is 0 Å². The fourth-order valence-electron chi connectivity index (χ4n) is 4.33. The topological polar surface area (TPSA) is 43.4 Å². The van der Waals surface area contributed by atoms with Crippen molar-refractivity contribution in [2.75, 3.05) is 33.8 Å². The van der Waals surface area contributed by atoms with Crippen LogP contribution in [0.3, 0.4) is 0 Å². The van der Waals surface area contributed by atoms with Gasteiger partial charge in [-0.15, -0.1) is 0 Å². The zero-order valence-corrected chi connectivity index (χ0v) is 25.0. The number of esters is 1. The summed E-state index contributed by atoms with van der Waals surface area (Å²) in [6.07, 6.45) is 24.6. The maximum absolute atomic E-state index is 12.3. The van der Waals surface area contributed by atoms with Gasteiger partial charge in [0.05, 0.1) is 27.1 Å². The zero-order chi connectivity index (χ0) is 27.1. The van der Waals surface area contributed by atoms with Crippen molar-refractivity contribution >= 4 is 11.8 Å². The van der Waals surface area contributed by atoms with Crippen molar-refractivity contribution in [3.8, 4) is 0 Å². The molecule has 4 nitrogen and oxygen atoms in total. The van der Waals surface area contributed by atoms with E-state index in [-0.39, 0.29) is 5.97 Å². The van der Waals surface area contributed by atoms with Crippen LogP contribution in [0, 0.1) is 0 Å². The van der Waals surface area contributed by atoms with E-state index in [2.05, 4.69) is 33.8 Å². The molecule has 0 aromatic rings. The molecule has 4 heteroatoms. The maximum Gasteiger partial charge on any atom is 0.362 e. The number of unbranched alkanes of at least 4 members (excludes halogenated alkanes) is 12. The Bertz CT molecular complexity index is 629. The third-order valence-electron chi connectivity index (χ3n) is 6.88. The van der Waals surface area contributed by atoms with E-state index in [1.807, 2.05) is 20.2 Å². The molecule has 0 heterocycles. The Morgan fingerprint density at radius 3 is 1.75 bits per heavy atom. The molecular formula is C32H60NO3+. The predicted molar refractivity (Wildman–Crippen MR) is 155 cm³/mol. The zero-order valence-electron chi connectivity index (χ0n) is 25.0. The summed E-state index contributed by atoms with van der Waals surface area (Å²) in [6.45, 7) is 9.88. The number of allylic oxidation sites excluding steroid dienone is 3. The van der Waals surface area contributed by atoms with E-state index in [1.54, 1.807) is 0 Å². The summed E-state index contributed by atoms with van der Waals surface area (Å²) < 4.78 is 5.90. The molecular weight excluding hydrogens is 446 g/mol. The number of likely N-dealkylation sites (N-methyl/N-ethyl adjacent to an activating group) is 1. The molecule has 0 spiro atoms. The minimum atomic E-state index is -0.197. The van der Waals surface area contributed by atoms with Gasteiger partial charge in [0.25, 0.3) is 0 Å². The molecule has 0 fully saturated rings. The first-order chi connectivity index (χ1) is 17.2. The molecule has 0 saturated heterocycles. The van der Waals surface area contributed by atoms with E-state index in [0.29, 0.717) is 42.8 Å². The monoisotopic (exact) mass is 506 g/mol. The number of nitrogens with zero attached hydrogens (tertiary/aromatic N) is 1. The number of hydrogen-bond donors (Lipinski definition) is 0. The number of carbonyl (C=O) groups is 2. The SMILES string of the molecule is CCCCCCCCCCCCCCCC(=O)CC[N+](C)(C)CC(=O)OC/C=C(\C)CCC=C(C)C. The Morgan fingerprint density at radius 2 is 1.22 bits per heavy atom. The normalized spacial score (nSPS) is 12.0. The van der Waals surface area contributed by atoms with Crippen molar-refractivity contribution in [3.05, 3.63) is 23.3 Å². The van der Waals surface area contributed by atoms with Gasteiger partial charge in [0, 0.05) is 6.42 Å². The summed E-state index contributed by atoms with van der Waals surface area (Å²) in [5.41, 5.74) is 2.57. The van der Waals surface area contributed by atoms with Crippen molar-refractivity contribution in [1.82, 2.24) is 0 Å². The first-order valence-corrected chi connectivity index (χ1v) is 14.9. The third kappa shape index (κ3) is 24.3. The molecule has 0 aromatic heterocycles. The summed E-state index contributed by atoms with van der Waals surface area (Å²) in [5.74, 6) is 0.129. The number of carbonyl (C=O) groups excluding carboxylic acids is 2. The van der Waals surface area contributed by atoms with Crippen LogP contribution in [0.2, 0.25) is 0 Å². The molecule has 0 unspecified atom stereocenters. The van der Waals surface area contributed by atoms with Crippen LogP contribution in [0.5, 0.6) is 0 Å². The number of ether oxygens (including phenoxy) is 1. The molecule has 0 N–H and O–H groups in total. The summed E-state index contributed by atoms with van der Waals surface area (Å²) in [5, 5.41) is 0. The molecule has 0 atom stereocenters. The molecule has 0 aliphatic carbocycles. The van der Waals surface area contributed by atoms with E-state index in [0.717, 1.165) is 25.7 Å². The number of hydrogen-bond acceptors (Lipinski definition) is 3. The molecule has 0 radical (unpaired) electrons. The Hall–Kier alpha value is -1.42. The van der Waals surface area contributed by atoms with Crippen molar-refractivity contribution < 1.29 is 18.8 Å². The Kier molecular flexibility index (Phi) is 21.9. The minimum Gasteiger partial charge on any atom is -0.457 e. The van der Waals surface area contributed by atoms with Gasteiger partial charge in [-0.05, 0) is 46.1 Å². The fraction of sp³-hybridized carbons (Fsp3) is 0.812. The number of Topliss-reactive ketones (excluding diaryl/α,β-unsaturated/α-hetero) is 1. The van der Waals surface area contributed by atoms with Crippen LogP contribution in [-0.2, 0) is 14.3 Å². The van der Waals surface area contributed by atoms with Gasteiger partial charge in [0.2, 0.25) is 0 Å². The first-order valence-electron chi connectivity index (χ1n) is 14.9. The van der Waals surface area contributed by atoms with Crippen LogP contribution in [0.15, 0.2) is 23.3 Å². The van der Waals surface area contributed by atoms with Crippen molar-refractivity contribution in [2.24, 2.45) is 0 Å². The molecule has 0 aliphatic heterocycles. The Labute approximate surface area is 224 Å². The summed E-state index contributed by atoms with van der Waals surface area (Å²) in [7, 11) is 4.00. The lowest BCUT2D eigenvalue weighted by molar-refractivity contribution is -0.882. The summed E-state index contributed by atoms with van der Waals surface area (Å²) in [4.78, 5) is 24.5. The van der Waals surface area contributed by atoms with Gasteiger partial charge in [0.15, 0.2) is 6.54 Å². The van der Waals surface area contributed by atoms with Crippen LogP contribution in [0.1, 0.15) is 137 Å². The van der Waals surface area contributed by atoms with E-state index in [4.69, 9.17) is 4.74 Å². The number of rotatable bonds is 24. The standard InChI is InChI=1S/C32H60NO3/c1-7-8-9-10-11-12-13-14-15-16-17-18-19-23-31(34)24-26-33(5,6)28-32(35)36-27-25-30(4)22-20-21-29(2)3/h21,25H,7-20,22-24,26-28H2,1-6H3/q+1/b30-25+. The van der Waals surface area contributed by atoms with E-state index < -0.39 is 0 Å². The van der Waals surface area contributed by atoms with E-state index in [9.17, 15) is 9.59 Å². The van der Waals surface area contributed by atoms with Crippen LogP contribution < -0.4 is 0 Å². The van der Waals surface area contributed by atoms with Gasteiger partial charge in [0.1, 0.15) is 12.4 Å². The van der Waals surface area contributed by atoms with Crippen LogP contribution >= 0.6 is 0 Å². The summed E-state index contributed by atoms with van der Waals surface area (Å²) >= 11 is 0. The second-order valence-electron chi connectivity index (χ2n) is 11.7.